The van der Waals surface area contributed by atoms with Crippen LogP contribution in [0.2, 0.25) is 0 Å². The minimum absolute atomic E-state index is 0.0240. The Labute approximate surface area is 135 Å². The molecule has 0 N–H and O–H groups in total. The second-order valence-corrected chi connectivity index (χ2v) is 7.15. The summed E-state index contributed by atoms with van der Waals surface area (Å²) in [7, 11) is 2.56. The van der Waals surface area contributed by atoms with Crippen molar-refractivity contribution in [2.75, 3.05) is 26.9 Å². The first-order valence-corrected chi connectivity index (χ1v) is 8.98. The van der Waals surface area contributed by atoms with E-state index in [4.69, 9.17) is 24.9 Å². The zero-order chi connectivity index (χ0) is 16.0. The quantitative estimate of drug-likeness (QED) is 0.397. The molecule has 0 radical (unpaired) electrons. The molecule has 0 unspecified atom stereocenters. The van der Waals surface area contributed by atoms with E-state index in [0.29, 0.717) is 6.61 Å². The lowest BCUT2D eigenvalue weighted by Gasteiger charge is -2.11. The second-order valence-electron chi connectivity index (χ2n) is 3.76. The molecule has 0 bridgehead atoms. The molecule has 0 aromatic heterocycles. The topological polar surface area (TPSA) is 78.9 Å². The number of esters is 1. The molecular formula is C12H14BrClO6S. The highest BCUT2D eigenvalue weighted by atomic mass is 79.9. The molecule has 6 nitrogen and oxygen atoms in total. The molecule has 9 heteroatoms. The molecule has 0 heterocycles. The third-order valence-electron chi connectivity index (χ3n) is 2.38. The molecule has 0 aliphatic heterocycles. The maximum absolute atomic E-state index is 11.9. The summed E-state index contributed by atoms with van der Waals surface area (Å²) < 4.78 is 38.3. The Kier molecular flexibility index (Phi) is 6.92. The Morgan fingerprint density at radius 2 is 2.00 bits per heavy atom. The van der Waals surface area contributed by atoms with E-state index in [1.807, 2.05) is 6.92 Å². The molecule has 0 spiro atoms. The Morgan fingerprint density at radius 1 is 1.33 bits per heavy atom. The van der Waals surface area contributed by atoms with Gasteiger partial charge in [-0.15, -0.1) is 0 Å². The van der Waals surface area contributed by atoms with Gasteiger partial charge in [0.2, 0.25) is 0 Å². The third kappa shape index (κ3) is 5.14. The van der Waals surface area contributed by atoms with Gasteiger partial charge in [0.05, 0.1) is 23.8 Å². The van der Waals surface area contributed by atoms with Gasteiger partial charge in [-0.2, -0.15) is 0 Å². The van der Waals surface area contributed by atoms with Crippen LogP contribution in [0.3, 0.4) is 0 Å². The van der Waals surface area contributed by atoms with Crippen LogP contribution in [0.4, 0.5) is 0 Å². The molecule has 0 aliphatic rings. The van der Waals surface area contributed by atoms with Crippen molar-refractivity contribution in [3.8, 4) is 5.75 Å². The molecule has 21 heavy (non-hydrogen) atoms. The van der Waals surface area contributed by atoms with Gasteiger partial charge in [0.1, 0.15) is 11.5 Å². The summed E-state index contributed by atoms with van der Waals surface area (Å²) in [6.45, 7) is 2.67. The largest absolute Gasteiger partial charge is 0.494 e. The standard InChI is InChI=1S/C12H14BrClO6S/c1-3-19-4-5-20-12(15)8-6-9(13)11(18-2)10(7-8)21(14,16)17/h6-7H,3-5H2,1-2H3. The van der Waals surface area contributed by atoms with Gasteiger partial charge in [-0.1, -0.05) is 0 Å². The van der Waals surface area contributed by atoms with Gasteiger partial charge in [-0.25, -0.2) is 13.2 Å². The van der Waals surface area contributed by atoms with Crippen LogP contribution in [0.15, 0.2) is 21.5 Å². The van der Waals surface area contributed by atoms with Crippen molar-refractivity contribution in [2.45, 2.75) is 11.8 Å². The number of carbonyl (C=O) groups is 1. The molecule has 0 saturated carbocycles. The van der Waals surface area contributed by atoms with Gasteiger partial charge >= 0.3 is 5.97 Å². The number of hydrogen-bond acceptors (Lipinski definition) is 6. The van der Waals surface area contributed by atoms with Crippen LogP contribution in [0.5, 0.6) is 5.75 Å². The molecule has 1 aromatic carbocycles. The maximum atomic E-state index is 11.9. The predicted molar refractivity (Wildman–Crippen MR) is 80.5 cm³/mol. The smallest absolute Gasteiger partial charge is 0.338 e. The van der Waals surface area contributed by atoms with Crippen LogP contribution in [-0.2, 0) is 18.5 Å². The Bertz CT molecular complexity index is 616. The lowest BCUT2D eigenvalue weighted by molar-refractivity contribution is 0.0335. The summed E-state index contributed by atoms with van der Waals surface area (Å²) in [6.07, 6.45) is 0. The summed E-state index contributed by atoms with van der Waals surface area (Å²) in [5.41, 5.74) is 0.0402. The molecular weight excluding hydrogens is 388 g/mol. The number of rotatable bonds is 7. The molecule has 0 amide bonds. The molecule has 0 saturated heterocycles. The predicted octanol–water partition coefficient (Wildman–Crippen LogP) is 2.58. The van der Waals surface area contributed by atoms with Gasteiger partial charge in [0.25, 0.3) is 9.05 Å². The van der Waals surface area contributed by atoms with Crippen LogP contribution in [-0.4, -0.2) is 41.3 Å². The van der Waals surface area contributed by atoms with Crippen molar-refractivity contribution in [1.82, 2.24) is 0 Å². The van der Waals surface area contributed by atoms with E-state index in [1.54, 1.807) is 0 Å². The minimum Gasteiger partial charge on any atom is -0.494 e. The van der Waals surface area contributed by atoms with E-state index in [0.717, 1.165) is 6.07 Å². The van der Waals surface area contributed by atoms with Crippen LogP contribution < -0.4 is 4.74 Å². The van der Waals surface area contributed by atoms with Crippen LogP contribution in [0.1, 0.15) is 17.3 Å². The lowest BCUT2D eigenvalue weighted by atomic mass is 10.2. The fraction of sp³-hybridized carbons (Fsp3) is 0.417. The zero-order valence-electron chi connectivity index (χ0n) is 11.4. The molecule has 0 aliphatic carbocycles. The van der Waals surface area contributed by atoms with Crippen molar-refractivity contribution >= 4 is 41.6 Å². The number of benzene rings is 1. The van der Waals surface area contributed by atoms with Crippen molar-refractivity contribution in [1.29, 1.82) is 0 Å². The first kappa shape index (κ1) is 18.2. The average molecular weight is 402 g/mol. The highest BCUT2D eigenvalue weighted by Gasteiger charge is 2.23. The first-order chi connectivity index (χ1) is 9.81. The number of ether oxygens (including phenoxy) is 3. The molecule has 1 aromatic rings. The highest BCUT2D eigenvalue weighted by Crippen LogP contribution is 2.35. The molecule has 0 fully saturated rings. The van der Waals surface area contributed by atoms with Crippen LogP contribution in [0.25, 0.3) is 0 Å². The summed E-state index contributed by atoms with van der Waals surface area (Å²) >= 11 is 3.13. The minimum atomic E-state index is -4.07. The van der Waals surface area contributed by atoms with Crippen molar-refractivity contribution in [3.05, 3.63) is 22.2 Å². The molecule has 1 rings (SSSR count). The second kappa shape index (κ2) is 7.98. The Morgan fingerprint density at radius 3 is 2.52 bits per heavy atom. The van der Waals surface area contributed by atoms with E-state index in [2.05, 4.69) is 15.9 Å². The summed E-state index contributed by atoms with van der Waals surface area (Å²) in [6, 6.07) is 2.50. The summed E-state index contributed by atoms with van der Waals surface area (Å²) in [5.74, 6) is -0.657. The number of carbonyl (C=O) groups excluding carboxylic acids is 1. The zero-order valence-corrected chi connectivity index (χ0v) is 14.5. The van der Waals surface area contributed by atoms with E-state index >= 15 is 0 Å². The van der Waals surface area contributed by atoms with Gasteiger partial charge in [-0.05, 0) is 35.0 Å². The van der Waals surface area contributed by atoms with E-state index in [-0.39, 0.29) is 33.9 Å². The normalized spacial score (nSPS) is 11.2. The highest BCUT2D eigenvalue weighted by molar-refractivity contribution is 9.10. The SMILES string of the molecule is CCOCCOC(=O)c1cc(Br)c(OC)c(S(=O)(=O)Cl)c1. The van der Waals surface area contributed by atoms with Crippen molar-refractivity contribution in [2.24, 2.45) is 0 Å². The third-order valence-corrected chi connectivity index (χ3v) is 4.29. The number of hydrogen-bond donors (Lipinski definition) is 0. The fourth-order valence-corrected chi connectivity index (χ4v) is 3.27. The molecule has 0 atom stereocenters. The summed E-state index contributed by atoms with van der Waals surface area (Å²) in [5, 5.41) is 0. The maximum Gasteiger partial charge on any atom is 0.338 e. The van der Waals surface area contributed by atoms with Gasteiger partial charge in [0.15, 0.2) is 5.75 Å². The van der Waals surface area contributed by atoms with E-state index in [1.165, 1.54) is 13.2 Å². The Balaban J connectivity index is 3.04. The van der Waals surface area contributed by atoms with Crippen molar-refractivity contribution in [3.63, 3.8) is 0 Å². The van der Waals surface area contributed by atoms with Crippen LogP contribution >= 0.6 is 26.6 Å². The van der Waals surface area contributed by atoms with E-state index < -0.39 is 15.0 Å². The van der Waals surface area contributed by atoms with Gasteiger partial charge < -0.3 is 14.2 Å². The molecule has 118 valence electrons. The van der Waals surface area contributed by atoms with Crippen molar-refractivity contribution < 1.29 is 27.4 Å². The fourth-order valence-electron chi connectivity index (χ4n) is 1.49. The van der Waals surface area contributed by atoms with Crippen LogP contribution in [0, 0.1) is 0 Å². The average Bonchev–Trinajstić information content (AvgIpc) is 2.41. The van der Waals surface area contributed by atoms with Gasteiger partial charge in [0, 0.05) is 17.3 Å². The summed E-state index contributed by atoms with van der Waals surface area (Å²) in [4.78, 5) is 11.6. The first-order valence-electron chi connectivity index (χ1n) is 5.88. The monoisotopic (exact) mass is 400 g/mol. The lowest BCUT2D eigenvalue weighted by Crippen LogP contribution is -2.12. The number of methoxy groups -OCH3 is 1. The Hall–Kier alpha value is -0.830. The van der Waals surface area contributed by atoms with E-state index in [9.17, 15) is 13.2 Å². The van der Waals surface area contributed by atoms with Gasteiger partial charge in [-0.3, -0.25) is 0 Å². The number of halogens is 2.